The van der Waals surface area contributed by atoms with E-state index in [1.165, 1.54) is 0 Å². The summed E-state index contributed by atoms with van der Waals surface area (Å²) < 4.78 is 0. The first-order chi connectivity index (χ1) is 4.72. The summed E-state index contributed by atoms with van der Waals surface area (Å²) >= 11 is 0. The molecule has 10 heavy (non-hydrogen) atoms. The molecule has 0 fully saturated rings. The minimum atomic E-state index is 0.284. The zero-order valence-corrected chi connectivity index (χ0v) is 7.31. The summed E-state index contributed by atoms with van der Waals surface area (Å²) in [5, 5.41) is 0. The minimum absolute atomic E-state index is 0.284. The van der Waals surface area contributed by atoms with Gasteiger partial charge in [0.05, 0.1) is 0 Å². The lowest BCUT2D eigenvalue weighted by Gasteiger charge is -2.04. The number of unbranched alkanes of at least 4 members (excludes halogenated alkanes) is 1. The van der Waals surface area contributed by atoms with Crippen LogP contribution in [0.25, 0.3) is 0 Å². The zero-order chi connectivity index (χ0) is 7.98. The number of Topliss-reactive ketones (excluding diaryl/α,β-unsaturated/α-hetero) is 1. The maximum Gasteiger partial charge on any atom is 0.135 e. The summed E-state index contributed by atoms with van der Waals surface area (Å²) in [6.45, 7) is 6.19. The van der Waals surface area contributed by atoms with E-state index in [1.807, 2.05) is 6.92 Å². The second-order valence-corrected chi connectivity index (χ2v) is 2.88. The SMILES string of the molecule is CCCCC(=O)[C@@H](C)CC. The van der Waals surface area contributed by atoms with Gasteiger partial charge in [-0.25, -0.2) is 0 Å². The monoisotopic (exact) mass is 142 g/mol. The van der Waals surface area contributed by atoms with E-state index in [9.17, 15) is 4.79 Å². The summed E-state index contributed by atoms with van der Waals surface area (Å²) in [6.07, 6.45) is 3.96. The third-order valence-electron chi connectivity index (χ3n) is 1.94. The molecule has 0 aliphatic heterocycles. The predicted molar refractivity (Wildman–Crippen MR) is 44.0 cm³/mol. The fourth-order valence-corrected chi connectivity index (χ4v) is 0.825. The van der Waals surface area contributed by atoms with Crippen molar-refractivity contribution >= 4 is 5.78 Å². The summed E-state index contributed by atoms with van der Waals surface area (Å²) in [4.78, 5) is 11.1. The molecule has 0 aromatic carbocycles. The third kappa shape index (κ3) is 3.65. The number of hydrogen-bond donors (Lipinski definition) is 0. The second kappa shape index (κ2) is 5.45. The molecule has 0 aliphatic carbocycles. The second-order valence-electron chi connectivity index (χ2n) is 2.88. The number of carbonyl (C=O) groups is 1. The fourth-order valence-electron chi connectivity index (χ4n) is 0.825. The van der Waals surface area contributed by atoms with Crippen molar-refractivity contribution in [2.24, 2.45) is 5.92 Å². The Hall–Kier alpha value is -0.330. The number of ketones is 1. The number of carbonyl (C=O) groups excluding carboxylic acids is 1. The summed E-state index contributed by atoms with van der Waals surface area (Å²) in [6, 6.07) is 0. The van der Waals surface area contributed by atoms with Crippen molar-refractivity contribution < 1.29 is 4.79 Å². The van der Waals surface area contributed by atoms with Crippen LogP contribution in [-0.2, 0) is 4.79 Å². The molecule has 0 N–H and O–H groups in total. The molecule has 0 aromatic rings. The summed E-state index contributed by atoms with van der Waals surface area (Å²) in [7, 11) is 0. The van der Waals surface area contributed by atoms with Gasteiger partial charge >= 0.3 is 0 Å². The lowest BCUT2D eigenvalue weighted by Crippen LogP contribution is -2.08. The van der Waals surface area contributed by atoms with Crippen LogP contribution in [0.15, 0.2) is 0 Å². The number of rotatable bonds is 5. The molecule has 1 atom stereocenters. The predicted octanol–water partition coefficient (Wildman–Crippen LogP) is 2.79. The van der Waals surface area contributed by atoms with E-state index in [-0.39, 0.29) is 5.92 Å². The Kier molecular flexibility index (Phi) is 5.27. The van der Waals surface area contributed by atoms with Gasteiger partial charge in [0.25, 0.3) is 0 Å². The topological polar surface area (TPSA) is 17.1 Å². The molecule has 0 saturated carbocycles. The van der Waals surface area contributed by atoms with Gasteiger partial charge in [-0.15, -0.1) is 0 Å². The van der Waals surface area contributed by atoms with E-state index in [1.54, 1.807) is 0 Å². The van der Waals surface area contributed by atoms with Crippen LogP contribution in [0.4, 0.5) is 0 Å². The Morgan fingerprint density at radius 3 is 2.40 bits per heavy atom. The van der Waals surface area contributed by atoms with Crippen LogP contribution in [0.5, 0.6) is 0 Å². The molecule has 0 saturated heterocycles. The highest BCUT2D eigenvalue weighted by Crippen LogP contribution is 2.07. The standard InChI is InChI=1S/C9H18O/c1-4-6-7-9(10)8(3)5-2/h8H,4-7H2,1-3H3/t8-/m0/s1. The van der Waals surface area contributed by atoms with Gasteiger partial charge in [-0.05, 0) is 12.8 Å². The average Bonchev–Trinajstić information content (AvgIpc) is 1.98. The van der Waals surface area contributed by atoms with E-state index < -0.39 is 0 Å². The first-order valence-corrected chi connectivity index (χ1v) is 4.25. The van der Waals surface area contributed by atoms with Crippen molar-refractivity contribution in [1.29, 1.82) is 0 Å². The lowest BCUT2D eigenvalue weighted by molar-refractivity contribution is -0.122. The third-order valence-corrected chi connectivity index (χ3v) is 1.94. The molecule has 0 unspecified atom stereocenters. The van der Waals surface area contributed by atoms with Crippen molar-refractivity contribution in [2.75, 3.05) is 0 Å². The molecule has 0 spiro atoms. The smallest absolute Gasteiger partial charge is 0.135 e. The van der Waals surface area contributed by atoms with E-state index in [0.29, 0.717) is 5.78 Å². The first-order valence-electron chi connectivity index (χ1n) is 4.25. The van der Waals surface area contributed by atoms with Crippen LogP contribution in [0, 0.1) is 5.92 Å². The van der Waals surface area contributed by atoms with Crippen molar-refractivity contribution in [3.63, 3.8) is 0 Å². The molecule has 0 aromatic heterocycles. The molecule has 1 nitrogen and oxygen atoms in total. The normalized spacial score (nSPS) is 13.1. The fraction of sp³-hybridized carbons (Fsp3) is 0.889. The van der Waals surface area contributed by atoms with Crippen molar-refractivity contribution in [3.05, 3.63) is 0 Å². The van der Waals surface area contributed by atoms with Crippen LogP contribution in [0.2, 0.25) is 0 Å². The maximum atomic E-state index is 11.1. The van der Waals surface area contributed by atoms with Gasteiger partial charge < -0.3 is 0 Å². The van der Waals surface area contributed by atoms with Gasteiger partial charge in [0, 0.05) is 12.3 Å². The maximum absolute atomic E-state index is 11.1. The first kappa shape index (κ1) is 9.67. The number of hydrogen-bond acceptors (Lipinski definition) is 1. The average molecular weight is 142 g/mol. The minimum Gasteiger partial charge on any atom is -0.299 e. The van der Waals surface area contributed by atoms with E-state index in [0.717, 1.165) is 25.7 Å². The Morgan fingerprint density at radius 2 is 2.00 bits per heavy atom. The Balaban J connectivity index is 3.42. The molecule has 0 radical (unpaired) electrons. The Labute approximate surface area is 63.8 Å². The van der Waals surface area contributed by atoms with Gasteiger partial charge in [-0.1, -0.05) is 27.2 Å². The molecule has 0 aliphatic rings. The van der Waals surface area contributed by atoms with Gasteiger partial charge in [-0.3, -0.25) is 4.79 Å². The van der Waals surface area contributed by atoms with Gasteiger partial charge in [0.2, 0.25) is 0 Å². The molecule has 0 rings (SSSR count). The van der Waals surface area contributed by atoms with Gasteiger partial charge in [0.1, 0.15) is 5.78 Å². The van der Waals surface area contributed by atoms with Gasteiger partial charge in [0.15, 0.2) is 0 Å². The highest BCUT2D eigenvalue weighted by atomic mass is 16.1. The molecular formula is C9H18O. The van der Waals surface area contributed by atoms with Crippen molar-refractivity contribution in [1.82, 2.24) is 0 Å². The Morgan fingerprint density at radius 1 is 1.40 bits per heavy atom. The van der Waals surface area contributed by atoms with Crippen LogP contribution in [0.1, 0.15) is 46.5 Å². The molecule has 60 valence electrons. The molecular weight excluding hydrogens is 124 g/mol. The Bertz CT molecular complexity index is 96.9. The van der Waals surface area contributed by atoms with Gasteiger partial charge in [-0.2, -0.15) is 0 Å². The highest BCUT2D eigenvalue weighted by molar-refractivity contribution is 5.80. The van der Waals surface area contributed by atoms with Crippen LogP contribution < -0.4 is 0 Å². The molecule has 0 bridgehead atoms. The quantitative estimate of drug-likeness (QED) is 0.577. The molecule has 1 heteroatoms. The zero-order valence-electron chi connectivity index (χ0n) is 7.31. The molecule has 0 heterocycles. The molecule has 0 amide bonds. The van der Waals surface area contributed by atoms with E-state index >= 15 is 0 Å². The van der Waals surface area contributed by atoms with Crippen molar-refractivity contribution in [3.8, 4) is 0 Å². The van der Waals surface area contributed by atoms with E-state index in [4.69, 9.17) is 0 Å². The van der Waals surface area contributed by atoms with Crippen molar-refractivity contribution in [2.45, 2.75) is 46.5 Å². The highest BCUT2D eigenvalue weighted by Gasteiger charge is 2.08. The van der Waals surface area contributed by atoms with E-state index in [2.05, 4.69) is 13.8 Å². The van der Waals surface area contributed by atoms with Crippen LogP contribution in [-0.4, -0.2) is 5.78 Å². The van der Waals surface area contributed by atoms with Crippen LogP contribution >= 0.6 is 0 Å². The lowest BCUT2D eigenvalue weighted by atomic mass is 9.99. The summed E-state index contributed by atoms with van der Waals surface area (Å²) in [5.74, 6) is 0.718. The summed E-state index contributed by atoms with van der Waals surface area (Å²) in [5.41, 5.74) is 0. The van der Waals surface area contributed by atoms with Crippen LogP contribution in [0.3, 0.4) is 0 Å². The largest absolute Gasteiger partial charge is 0.299 e.